The molecule has 2 aliphatic rings. The number of halogens is 1. The van der Waals surface area contributed by atoms with Crippen LogP contribution in [0.15, 0.2) is 18.3 Å². The summed E-state index contributed by atoms with van der Waals surface area (Å²) in [5, 5.41) is 0.329. The summed E-state index contributed by atoms with van der Waals surface area (Å²) in [6.45, 7) is 2.96. The molecule has 2 saturated heterocycles. The normalized spacial score (nSPS) is 22.8. The Balaban J connectivity index is 1.65. The number of hydrogen-bond acceptors (Lipinski definition) is 5. The molecule has 3 rings (SSSR count). The summed E-state index contributed by atoms with van der Waals surface area (Å²) in [5.74, 6) is -0.364. The topological polar surface area (TPSA) is 79.8 Å². The Morgan fingerprint density at radius 3 is 2.72 bits per heavy atom. The Bertz CT molecular complexity index is 705. The number of sulfonamides is 1. The molecule has 0 N–H and O–H groups in total. The van der Waals surface area contributed by atoms with E-state index in [1.165, 1.54) is 10.5 Å². The van der Waals surface area contributed by atoms with Gasteiger partial charge in [0.1, 0.15) is 5.15 Å². The number of morpholine rings is 1. The van der Waals surface area contributed by atoms with E-state index < -0.39 is 10.0 Å². The van der Waals surface area contributed by atoms with Crippen LogP contribution in [-0.2, 0) is 25.3 Å². The third kappa shape index (κ3) is 4.69. The molecule has 1 aromatic heterocycles. The van der Waals surface area contributed by atoms with Crippen LogP contribution in [-0.4, -0.2) is 67.9 Å². The van der Waals surface area contributed by atoms with Gasteiger partial charge in [0, 0.05) is 32.4 Å². The van der Waals surface area contributed by atoms with Gasteiger partial charge in [0.05, 0.1) is 24.9 Å². The van der Waals surface area contributed by atoms with Crippen molar-refractivity contribution in [1.82, 2.24) is 14.2 Å². The van der Waals surface area contributed by atoms with Gasteiger partial charge < -0.3 is 9.64 Å². The predicted molar refractivity (Wildman–Crippen MR) is 93.6 cm³/mol. The van der Waals surface area contributed by atoms with Crippen LogP contribution in [0, 0.1) is 5.92 Å². The number of nitrogens with zero attached hydrogens (tertiary/aromatic N) is 3. The molecule has 3 heterocycles. The molecular formula is C16H22ClN3O4S. The number of aromatic nitrogens is 1. The zero-order valence-corrected chi connectivity index (χ0v) is 15.5. The van der Waals surface area contributed by atoms with E-state index in [-0.39, 0.29) is 24.1 Å². The SMILES string of the molecule is O=C([C@H]1CCCN(S(=O)(=O)Cc2ccc(Cl)nc2)C1)N1CCOCC1. The molecule has 7 nitrogen and oxygen atoms in total. The van der Waals surface area contributed by atoms with E-state index in [9.17, 15) is 13.2 Å². The first-order chi connectivity index (χ1) is 12.0. The fourth-order valence-corrected chi connectivity index (χ4v) is 4.93. The molecule has 25 heavy (non-hydrogen) atoms. The molecule has 138 valence electrons. The summed E-state index contributed by atoms with van der Waals surface area (Å²) < 4.78 is 32.1. The van der Waals surface area contributed by atoms with Crippen LogP contribution in [0.25, 0.3) is 0 Å². The van der Waals surface area contributed by atoms with Crippen molar-refractivity contribution in [2.45, 2.75) is 18.6 Å². The highest BCUT2D eigenvalue weighted by molar-refractivity contribution is 7.88. The molecule has 0 aliphatic carbocycles. The van der Waals surface area contributed by atoms with Crippen molar-refractivity contribution in [3.8, 4) is 0 Å². The molecule has 1 atom stereocenters. The van der Waals surface area contributed by atoms with E-state index in [0.29, 0.717) is 50.0 Å². The molecule has 2 fully saturated rings. The minimum atomic E-state index is -3.49. The molecule has 1 aromatic rings. The van der Waals surface area contributed by atoms with E-state index in [4.69, 9.17) is 16.3 Å². The van der Waals surface area contributed by atoms with Crippen LogP contribution in [0.4, 0.5) is 0 Å². The third-order valence-electron chi connectivity index (χ3n) is 4.59. The van der Waals surface area contributed by atoms with Crippen LogP contribution in [0.1, 0.15) is 18.4 Å². The maximum absolute atomic E-state index is 12.7. The van der Waals surface area contributed by atoms with Crippen LogP contribution >= 0.6 is 11.6 Å². The van der Waals surface area contributed by atoms with Crippen LogP contribution < -0.4 is 0 Å². The number of amides is 1. The average molecular weight is 388 g/mol. The number of piperidine rings is 1. The van der Waals surface area contributed by atoms with Gasteiger partial charge in [-0.2, -0.15) is 0 Å². The molecule has 0 bridgehead atoms. The summed E-state index contributed by atoms with van der Waals surface area (Å²) >= 11 is 5.74. The lowest BCUT2D eigenvalue weighted by Crippen LogP contribution is -2.49. The van der Waals surface area contributed by atoms with Gasteiger partial charge in [-0.3, -0.25) is 4.79 Å². The average Bonchev–Trinajstić information content (AvgIpc) is 2.64. The highest BCUT2D eigenvalue weighted by Gasteiger charge is 2.34. The highest BCUT2D eigenvalue weighted by Crippen LogP contribution is 2.23. The summed E-state index contributed by atoms with van der Waals surface area (Å²) in [7, 11) is -3.49. The molecular weight excluding hydrogens is 366 g/mol. The Morgan fingerprint density at radius 2 is 2.04 bits per heavy atom. The van der Waals surface area contributed by atoms with Crippen LogP contribution in [0.2, 0.25) is 5.15 Å². The summed E-state index contributed by atoms with van der Waals surface area (Å²) in [5.41, 5.74) is 0.589. The van der Waals surface area contributed by atoms with Gasteiger partial charge in [-0.1, -0.05) is 17.7 Å². The molecule has 0 saturated carbocycles. The van der Waals surface area contributed by atoms with Crippen LogP contribution in [0.3, 0.4) is 0 Å². The molecule has 2 aliphatic heterocycles. The van der Waals surface area contributed by atoms with Gasteiger partial charge in [-0.05, 0) is 24.5 Å². The van der Waals surface area contributed by atoms with Crippen molar-refractivity contribution >= 4 is 27.5 Å². The first-order valence-corrected chi connectivity index (χ1v) is 10.4. The largest absolute Gasteiger partial charge is 0.378 e. The Morgan fingerprint density at radius 1 is 1.28 bits per heavy atom. The lowest BCUT2D eigenvalue weighted by atomic mass is 9.98. The second kappa shape index (κ2) is 7.99. The van der Waals surface area contributed by atoms with Gasteiger partial charge in [0.15, 0.2) is 0 Å². The highest BCUT2D eigenvalue weighted by atomic mass is 35.5. The van der Waals surface area contributed by atoms with Gasteiger partial charge in [-0.25, -0.2) is 17.7 Å². The zero-order valence-electron chi connectivity index (χ0n) is 13.9. The first kappa shape index (κ1) is 18.6. The van der Waals surface area contributed by atoms with Crippen molar-refractivity contribution in [1.29, 1.82) is 0 Å². The fourth-order valence-electron chi connectivity index (χ4n) is 3.23. The van der Waals surface area contributed by atoms with Gasteiger partial charge >= 0.3 is 0 Å². The Labute approximate surface area is 153 Å². The molecule has 0 spiro atoms. The standard InChI is InChI=1S/C16H22ClN3O4S/c17-15-4-3-13(10-18-15)12-25(22,23)20-5-1-2-14(11-20)16(21)19-6-8-24-9-7-19/h3-4,10,14H,1-2,5-9,11-12H2/t14-/m0/s1. The van der Waals surface area contributed by atoms with E-state index in [0.717, 1.165) is 6.42 Å². The summed E-state index contributed by atoms with van der Waals surface area (Å²) in [6.07, 6.45) is 2.89. The van der Waals surface area contributed by atoms with Crippen molar-refractivity contribution < 1.29 is 17.9 Å². The monoisotopic (exact) mass is 387 g/mol. The van der Waals surface area contributed by atoms with Crippen molar-refractivity contribution in [2.75, 3.05) is 39.4 Å². The minimum absolute atomic E-state index is 0.0383. The number of ether oxygens (including phenoxy) is 1. The maximum Gasteiger partial charge on any atom is 0.227 e. The second-order valence-electron chi connectivity index (χ2n) is 6.38. The summed E-state index contributed by atoms with van der Waals surface area (Å²) in [4.78, 5) is 18.4. The van der Waals surface area contributed by atoms with E-state index in [1.807, 2.05) is 0 Å². The van der Waals surface area contributed by atoms with E-state index >= 15 is 0 Å². The van der Waals surface area contributed by atoms with Crippen LogP contribution in [0.5, 0.6) is 0 Å². The van der Waals surface area contributed by atoms with Crippen molar-refractivity contribution in [3.05, 3.63) is 29.0 Å². The zero-order chi connectivity index (χ0) is 17.9. The van der Waals surface area contributed by atoms with E-state index in [2.05, 4.69) is 4.98 Å². The third-order valence-corrected chi connectivity index (χ3v) is 6.63. The Kier molecular flexibility index (Phi) is 5.93. The fraction of sp³-hybridized carbons (Fsp3) is 0.625. The number of carbonyl (C=O) groups is 1. The lowest BCUT2D eigenvalue weighted by Gasteiger charge is -2.35. The number of hydrogen-bond donors (Lipinski definition) is 0. The smallest absolute Gasteiger partial charge is 0.227 e. The van der Waals surface area contributed by atoms with Gasteiger partial charge in [0.2, 0.25) is 15.9 Å². The number of pyridine rings is 1. The maximum atomic E-state index is 12.7. The number of carbonyl (C=O) groups excluding carboxylic acids is 1. The molecule has 0 radical (unpaired) electrons. The Hall–Kier alpha value is -1.22. The molecule has 0 aromatic carbocycles. The van der Waals surface area contributed by atoms with Gasteiger partial charge in [0.25, 0.3) is 0 Å². The molecule has 9 heteroatoms. The second-order valence-corrected chi connectivity index (χ2v) is 8.74. The predicted octanol–water partition coefficient (Wildman–Crippen LogP) is 1.14. The van der Waals surface area contributed by atoms with Gasteiger partial charge in [-0.15, -0.1) is 0 Å². The molecule has 1 amide bonds. The van der Waals surface area contributed by atoms with Crippen molar-refractivity contribution in [2.24, 2.45) is 5.92 Å². The number of rotatable bonds is 4. The van der Waals surface area contributed by atoms with Crippen molar-refractivity contribution in [3.63, 3.8) is 0 Å². The summed E-state index contributed by atoms with van der Waals surface area (Å²) in [6, 6.07) is 3.24. The molecule has 0 unspecified atom stereocenters. The first-order valence-electron chi connectivity index (χ1n) is 8.40. The lowest BCUT2D eigenvalue weighted by molar-refractivity contribution is -0.140. The minimum Gasteiger partial charge on any atom is -0.378 e. The quantitative estimate of drug-likeness (QED) is 0.724. The van der Waals surface area contributed by atoms with E-state index in [1.54, 1.807) is 17.0 Å².